The van der Waals surface area contributed by atoms with E-state index in [4.69, 9.17) is 5.73 Å². The maximum atomic E-state index is 12.0. The van der Waals surface area contributed by atoms with Crippen LogP contribution in [0.5, 0.6) is 0 Å². The van der Waals surface area contributed by atoms with E-state index in [1.807, 2.05) is 0 Å². The summed E-state index contributed by atoms with van der Waals surface area (Å²) in [5, 5.41) is 0. The number of rotatable bonds is 5. The molecule has 0 radical (unpaired) electrons. The SMILES string of the molecule is CCCS(=O)(=O)c1cccc(S(=O)(=O)N(C)C)c1N. The fraction of sp³-hybridized carbons (Fsp3) is 0.455. The van der Waals surface area contributed by atoms with E-state index in [0.717, 1.165) is 4.31 Å². The molecule has 1 aromatic carbocycles. The van der Waals surface area contributed by atoms with Gasteiger partial charge in [-0.15, -0.1) is 0 Å². The Hall–Kier alpha value is -1.12. The number of nitrogens with two attached hydrogens (primary N) is 1. The second-order valence-electron chi connectivity index (χ2n) is 4.27. The first-order valence-electron chi connectivity index (χ1n) is 5.68. The molecule has 0 atom stereocenters. The Morgan fingerprint density at radius 1 is 1.11 bits per heavy atom. The summed E-state index contributed by atoms with van der Waals surface area (Å²) >= 11 is 0. The second kappa shape index (κ2) is 5.48. The maximum absolute atomic E-state index is 12.0. The fourth-order valence-electron chi connectivity index (χ4n) is 1.60. The summed E-state index contributed by atoms with van der Waals surface area (Å²) in [7, 11) is -4.59. The number of sulfonamides is 1. The summed E-state index contributed by atoms with van der Waals surface area (Å²) in [6.07, 6.45) is 0.437. The molecule has 0 aliphatic heterocycles. The molecule has 1 aromatic rings. The van der Waals surface area contributed by atoms with Gasteiger partial charge in [-0.2, -0.15) is 0 Å². The van der Waals surface area contributed by atoms with E-state index in [0.29, 0.717) is 6.42 Å². The number of hydrogen-bond donors (Lipinski definition) is 1. The van der Waals surface area contributed by atoms with Gasteiger partial charge in [-0.1, -0.05) is 13.0 Å². The lowest BCUT2D eigenvalue weighted by atomic mass is 10.3. The summed E-state index contributed by atoms with van der Waals surface area (Å²) in [5.41, 5.74) is 5.52. The number of nitrogen functional groups attached to an aromatic ring is 1. The van der Waals surface area contributed by atoms with Gasteiger partial charge in [0, 0.05) is 14.1 Å². The fourth-order valence-corrected chi connectivity index (χ4v) is 4.18. The summed E-state index contributed by atoms with van der Waals surface area (Å²) in [6.45, 7) is 1.73. The van der Waals surface area contributed by atoms with Gasteiger partial charge in [0.05, 0.1) is 16.3 Å². The molecule has 8 heteroatoms. The van der Waals surface area contributed by atoms with Crippen LogP contribution in [-0.2, 0) is 19.9 Å². The van der Waals surface area contributed by atoms with E-state index in [-0.39, 0.29) is 21.2 Å². The Morgan fingerprint density at radius 3 is 2.11 bits per heavy atom. The van der Waals surface area contributed by atoms with Crippen molar-refractivity contribution in [3.05, 3.63) is 18.2 Å². The molecular weight excluding hydrogens is 288 g/mol. The van der Waals surface area contributed by atoms with Gasteiger partial charge in [0.15, 0.2) is 9.84 Å². The topological polar surface area (TPSA) is 97.5 Å². The Morgan fingerprint density at radius 2 is 1.63 bits per heavy atom. The van der Waals surface area contributed by atoms with Crippen LogP contribution in [0.2, 0.25) is 0 Å². The largest absolute Gasteiger partial charge is 0.397 e. The van der Waals surface area contributed by atoms with Crippen LogP contribution in [0.1, 0.15) is 13.3 Å². The number of anilines is 1. The molecule has 0 aromatic heterocycles. The van der Waals surface area contributed by atoms with Crippen molar-refractivity contribution in [2.75, 3.05) is 25.6 Å². The van der Waals surface area contributed by atoms with Crippen LogP contribution in [0.3, 0.4) is 0 Å². The number of para-hydroxylation sites is 1. The summed E-state index contributed by atoms with van der Waals surface area (Å²) in [4.78, 5) is -0.313. The molecule has 0 heterocycles. The van der Waals surface area contributed by atoms with Gasteiger partial charge in [0.25, 0.3) is 0 Å². The van der Waals surface area contributed by atoms with Crippen LogP contribution in [0.4, 0.5) is 5.69 Å². The van der Waals surface area contributed by atoms with Crippen LogP contribution >= 0.6 is 0 Å². The molecule has 0 bridgehead atoms. The average molecular weight is 306 g/mol. The first-order valence-corrected chi connectivity index (χ1v) is 8.77. The number of nitrogens with zero attached hydrogens (tertiary/aromatic N) is 1. The molecular formula is C11H18N2O4S2. The minimum absolute atomic E-state index is 0.0668. The van der Waals surface area contributed by atoms with Crippen molar-refractivity contribution in [2.24, 2.45) is 0 Å². The lowest BCUT2D eigenvalue weighted by molar-refractivity contribution is 0.521. The van der Waals surface area contributed by atoms with Crippen molar-refractivity contribution in [3.8, 4) is 0 Å². The third-order valence-corrected chi connectivity index (χ3v) is 6.44. The van der Waals surface area contributed by atoms with Gasteiger partial charge in [-0.3, -0.25) is 0 Å². The third-order valence-electron chi connectivity index (χ3n) is 2.59. The van der Waals surface area contributed by atoms with E-state index in [2.05, 4.69) is 0 Å². The average Bonchev–Trinajstić information content (AvgIpc) is 2.28. The Bertz CT molecular complexity index is 664. The van der Waals surface area contributed by atoms with Crippen LogP contribution in [0.15, 0.2) is 28.0 Å². The highest BCUT2D eigenvalue weighted by molar-refractivity contribution is 7.92. The molecule has 2 N–H and O–H groups in total. The second-order valence-corrected chi connectivity index (χ2v) is 8.47. The van der Waals surface area contributed by atoms with Gasteiger partial charge in [0.2, 0.25) is 10.0 Å². The van der Waals surface area contributed by atoms with E-state index < -0.39 is 19.9 Å². The highest BCUT2D eigenvalue weighted by Gasteiger charge is 2.25. The smallest absolute Gasteiger partial charge is 0.244 e. The Labute approximate surface area is 114 Å². The van der Waals surface area contributed by atoms with Crippen molar-refractivity contribution < 1.29 is 16.8 Å². The molecule has 6 nitrogen and oxygen atoms in total. The summed E-state index contributed by atoms with van der Waals surface area (Å²) in [5.74, 6) is -0.0668. The predicted octanol–water partition coefficient (Wildman–Crippen LogP) is 0.703. The van der Waals surface area contributed by atoms with E-state index in [1.165, 1.54) is 32.3 Å². The van der Waals surface area contributed by atoms with Crippen molar-refractivity contribution in [2.45, 2.75) is 23.1 Å². The molecule has 0 unspecified atom stereocenters. The molecule has 1 rings (SSSR count). The molecule has 19 heavy (non-hydrogen) atoms. The van der Waals surface area contributed by atoms with Gasteiger partial charge in [-0.25, -0.2) is 21.1 Å². The molecule has 0 saturated carbocycles. The van der Waals surface area contributed by atoms with Gasteiger partial charge in [0.1, 0.15) is 4.90 Å². The maximum Gasteiger partial charge on any atom is 0.244 e. The highest BCUT2D eigenvalue weighted by Crippen LogP contribution is 2.28. The molecule has 0 aliphatic carbocycles. The van der Waals surface area contributed by atoms with Gasteiger partial charge >= 0.3 is 0 Å². The zero-order valence-corrected chi connectivity index (χ0v) is 12.8. The first kappa shape index (κ1) is 15.9. The van der Waals surface area contributed by atoms with Gasteiger partial charge in [-0.05, 0) is 18.6 Å². The Balaban J connectivity index is 3.53. The molecule has 0 spiro atoms. The minimum atomic E-state index is -3.76. The lowest BCUT2D eigenvalue weighted by Gasteiger charge is -2.15. The van der Waals surface area contributed by atoms with E-state index in [9.17, 15) is 16.8 Å². The van der Waals surface area contributed by atoms with Crippen LogP contribution in [0.25, 0.3) is 0 Å². The van der Waals surface area contributed by atoms with Crippen molar-refractivity contribution in [3.63, 3.8) is 0 Å². The van der Waals surface area contributed by atoms with Crippen LogP contribution < -0.4 is 5.73 Å². The zero-order chi connectivity index (χ0) is 14.8. The monoisotopic (exact) mass is 306 g/mol. The van der Waals surface area contributed by atoms with Crippen LogP contribution in [-0.4, -0.2) is 41.0 Å². The standard InChI is InChI=1S/C11H18N2O4S2/c1-4-8-18(14,15)9-6-5-7-10(11(9)12)19(16,17)13(2)3/h5-7H,4,8,12H2,1-3H3. The quantitative estimate of drug-likeness (QED) is 0.808. The number of benzene rings is 1. The molecule has 0 saturated heterocycles. The van der Waals surface area contributed by atoms with Crippen molar-refractivity contribution in [1.29, 1.82) is 0 Å². The summed E-state index contributed by atoms with van der Waals surface area (Å²) < 4.78 is 49.1. The molecule has 108 valence electrons. The molecule has 0 amide bonds. The first-order chi connectivity index (χ1) is 8.64. The molecule has 0 fully saturated rings. The minimum Gasteiger partial charge on any atom is -0.397 e. The van der Waals surface area contributed by atoms with Crippen molar-refractivity contribution >= 4 is 25.5 Å². The lowest BCUT2D eigenvalue weighted by Crippen LogP contribution is -2.24. The number of hydrogen-bond acceptors (Lipinski definition) is 5. The van der Waals surface area contributed by atoms with Gasteiger partial charge < -0.3 is 5.73 Å². The van der Waals surface area contributed by atoms with E-state index >= 15 is 0 Å². The zero-order valence-electron chi connectivity index (χ0n) is 11.1. The molecule has 0 aliphatic rings. The predicted molar refractivity (Wildman–Crippen MR) is 74.1 cm³/mol. The van der Waals surface area contributed by atoms with E-state index in [1.54, 1.807) is 6.92 Å². The number of sulfone groups is 1. The summed E-state index contributed by atoms with van der Waals surface area (Å²) in [6, 6.07) is 4.01. The van der Waals surface area contributed by atoms with Crippen molar-refractivity contribution in [1.82, 2.24) is 4.31 Å². The Kier molecular flexibility index (Phi) is 4.59. The normalized spacial score (nSPS) is 12.8. The van der Waals surface area contributed by atoms with Crippen LogP contribution in [0, 0.1) is 0 Å². The third kappa shape index (κ3) is 3.07. The highest BCUT2D eigenvalue weighted by atomic mass is 32.2.